The molecule has 8 nitrogen and oxygen atoms in total. The fourth-order valence-electron chi connectivity index (χ4n) is 1.75. The molecule has 0 bridgehead atoms. The molecule has 11 heteroatoms. The zero-order chi connectivity index (χ0) is 17.5. The van der Waals surface area contributed by atoms with Gasteiger partial charge in [-0.05, 0) is 6.42 Å². The van der Waals surface area contributed by atoms with E-state index in [1.807, 2.05) is 0 Å². The Labute approximate surface area is 166 Å². The molecule has 0 radical (unpaired) electrons. The molecule has 0 atom stereocenters. The van der Waals surface area contributed by atoms with Gasteiger partial charge in [-0.1, -0.05) is 64.7 Å². The Morgan fingerprint density at radius 1 is 0.783 bits per heavy atom. The standard InChI is InChI=1S/C12H26O4S.Na.4H2O.Ti.H/c1-2-3-4-5-6-7-8-9-10-11-12-16-17(13,14)15;;;;;;;/h2-12H2,1H3,(H,13,14,15);;4*1H2;;/q;;;;;;+4;/p-4. The van der Waals surface area contributed by atoms with Gasteiger partial charge in [0.2, 0.25) is 0 Å². The summed E-state index contributed by atoms with van der Waals surface area (Å²) in [6.45, 7) is 2.31. The molecule has 0 unspecified atom stereocenters. The van der Waals surface area contributed by atoms with Gasteiger partial charge in [0.1, 0.15) is 0 Å². The number of hydrogen-bond acceptors (Lipinski definition) is 7. The van der Waals surface area contributed by atoms with E-state index < -0.39 is 28.5 Å². The van der Waals surface area contributed by atoms with E-state index in [1.165, 1.54) is 44.9 Å². The molecule has 0 aliphatic carbocycles. The van der Waals surface area contributed by atoms with Crippen molar-refractivity contribution in [3.8, 4) is 0 Å². The predicted octanol–water partition coefficient (Wildman–Crippen LogP) is 0.848. The molecule has 0 rings (SSSR count). The Balaban J connectivity index is -0.000000578. The minimum atomic E-state index is -5.00. The van der Waals surface area contributed by atoms with Crippen molar-refractivity contribution in [2.75, 3.05) is 6.61 Å². The first kappa shape index (κ1) is 29.2. The molecule has 0 amide bonds. The van der Waals surface area contributed by atoms with E-state index in [9.17, 15) is 8.42 Å². The Kier molecular flexibility index (Phi) is 23.1. The van der Waals surface area contributed by atoms with Gasteiger partial charge in [0.25, 0.3) is 0 Å². The van der Waals surface area contributed by atoms with Crippen LogP contribution in [0.2, 0.25) is 0 Å². The Hall–Kier alpha value is 1.42. The third-order valence-corrected chi connectivity index (χ3v) is 3.19. The summed E-state index contributed by atoms with van der Waals surface area (Å²) in [5.41, 5.74) is 0. The van der Waals surface area contributed by atoms with E-state index in [-0.39, 0.29) is 36.2 Å². The molecule has 23 heavy (non-hydrogen) atoms. The molecule has 0 aromatic rings. The van der Waals surface area contributed by atoms with Gasteiger partial charge in [-0.2, -0.15) is 8.42 Å². The number of unbranched alkanes of at least 4 members (excludes halogenated alkanes) is 9. The van der Waals surface area contributed by atoms with Gasteiger partial charge in [-0.15, -0.1) is 0 Å². The summed E-state index contributed by atoms with van der Waals surface area (Å²) in [5.74, 6) is 0. The van der Waals surface area contributed by atoms with Crippen LogP contribution in [0.25, 0.3) is 0 Å². The second kappa shape index (κ2) is 18.2. The Morgan fingerprint density at radius 3 is 1.39 bits per heavy atom. The van der Waals surface area contributed by atoms with E-state index in [0.29, 0.717) is 6.42 Å². The van der Waals surface area contributed by atoms with Crippen molar-refractivity contribution in [2.45, 2.75) is 71.1 Å². The van der Waals surface area contributed by atoms with E-state index in [2.05, 4.69) is 11.1 Å². The van der Waals surface area contributed by atoms with Crippen molar-refractivity contribution in [3.63, 3.8) is 0 Å². The van der Waals surface area contributed by atoms with Crippen LogP contribution >= 0.6 is 0 Å². The van der Waals surface area contributed by atoms with Crippen LogP contribution in [-0.4, -0.2) is 63.9 Å². The van der Waals surface area contributed by atoms with Gasteiger partial charge in [-0.25, -0.2) is 4.18 Å². The van der Waals surface area contributed by atoms with E-state index >= 15 is 0 Å². The van der Waals surface area contributed by atoms with Crippen molar-refractivity contribution < 1.29 is 50.0 Å². The molecule has 0 aromatic carbocycles. The molecule has 5 N–H and O–H groups in total. The first-order valence-corrected chi connectivity index (χ1v) is 11.7. The van der Waals surface area contributed by atoms with Gasteiger partial charge in [0.05, 0.1) is 6.61 Å². The summed E-state index contributed by atoms with van der Waals surface area (Å²) in [6.07, 6.45) is 11.9. The molecule has 0 saturated heterocycles. The third kappa shape index (κ3) is 45.2. The predicted molar refractivity (Wildman–Crippen MR) is 85.4 cm³/mol. The number of rotatable bonds is 12. The monoisotopic (exact) mass is 406 g/mol. The molecule has 0 aliphatic heterocycles. The SMILES string of the molecule is CCCCCCCCCCCCOS(=O)(=O)O.[NaH].[OH][Ti]([OH])([OH])[OH]. The van der Waals surface area contributed by atoms with Crippen LogP contribution in [0.1, 0.15) is 71.1 Å². The maximum atomic E-state index is 10.2. The molecule has 0 saturated carbocycles. The average Bonchev–Trinajstić information content (AvgIpc) is 2.32. The van der Waals surface area contributed by atoms with Crippen LogP contribution in [0.4, 0.5) is 0 Å². The third-order valence-electron chi connectivity index (χ3n) is 2.73. The van der Waals surface area contributed by atoms with Crippen molar-refractivity contribution in [3.05, 3.63) is 0 Å². The topological polar surface area (TPSA) is 145 Å². The van der Waals surface area contributed by atoms with Gasteiger partial charge >= 0.3 is 72.8 Å². The van der Waals surface area contributed by atoms with Gasteiger partial charge in [0.15, 0.2) is 0 Å². The zero-order valence-electron chi connectivity index (χ0n) is 13.1. The zero-order valence-corrected chi connectivity index (χ0v) is 15.5. The van der Waals surface area contributed by atoms with E-state index in [0.717, 1.165) is 12.8 Å². The summed E-state index contributed by atoms with van der Waals surface area (Å²) >= 11 is -5.00. The van der Waals surface area contributed by atoms with Crippen LogP contribution in [0, 0.1) is 0 Å². The van der Waals surface area contributed by atoms with Crippen molar-refractivity contribution in [2.24, 2.45) is 0 Å². The number of hydrogen-bond donors (Lipinski definition) is 5. The maximum absolute atomic E-state index is 10.2. The van der Waals surface area contributed by atoms with Crippen LogP contribution in [0.15, 0.2) is 0 Å². The fraction of sp³-hybridized carbons (Fsp3) is 1.00. The van der Waals surface area contributed by atoms with Crippen molar-refractivity contribution in [1.29, 1.82) is 0 Å². The Bertz CT molecular complexity index is 328. The van der Waals surface area contributed by atoms with Gasteiger partial charge in [-0.3, -0.25) is 4.55 Å². The molecular weight excluding hydrogens is 375 g/mol. The summed E-state index contributed by atoms with van der Waals surface area (Å²) in [5, 5.41) is 0. The molecule has 138 valence electrons. The normalized spacial score (nSPS) is 11.4. The quantitative estimate of drug-likeness (QED) is 0.182. The first-order valence-electron chi connectivity index (χ1n) is 7.57. The van der Waals surface area contributed by atoms with Gasteiger partial charge in [0, 0.05) is 0 Å². The minimum absolute atomic E-state index is 0. The van der Waals surface area contributed by atoms with Crippen molar-refractivity contribution in [1.82, 2.24) is 0 Å². The molecule has 0 aliphatic rings. The molecule has 0 heterocycles. The van der Waals surface area contributed by atoms with Gasteiger partial charge < -0.3 is 0 Å². The summed E-state index contributed by atoms with van der Waals surface area (Å²) in [6, 6.07) is 0. The van der Waals surface area contributed by atoms with E-state index in [4.69, 9.17) is 19.3 Å². The first-order chi connectivity index (χ1) is 10.1. The summed E-state index contributed by atoms with van der Waals surface area (Å²) in [7, 11) is -4.23. The van der Waals surface area contributed by atoms with Crippen LogP contribution in [0.3, 0.4) is 0 Å². The van der Waals surface area contributed by atoms with Crippen LogP contribution in [-0.2, 0) is 32.7 Å². The Morgan fingerprint density at radius 2 is 1.09 bits per heavy atom. The second-order valence-corrected chi connectivity index (χ2v) is 8.00. The molecule has 0 fully saturated rings. The van der Waals surface area contributed by atoms with Crippen LogP contribution in [0.5, 0.6) is 0 Å². The molecular formula is C12H31NaO8STi. The van der Waals surface area contributed by atoms with Crippen LogP contribution < -0.4 is 0 Å². The summed E-state index contributed by atoms with van der Waals surface area (Å²) in [4.78, 5) is 0. The van der Waals surface area contributed by atoms with E-state index in [1.54, 1.807) is 0 Å². The summed E-state index contributed by atoms with van der Waals surface area (Å²) < 4.78 is 62.5. The van der Waals surface area contributed by atoms with Crippen molar-refractivity contribution >= 4 is 40.0 Å². The molecule has 0 spiro atoms. The molecule has 0 aromatic heterocycles. The fourth-order valence-corrected chi connectivity index (χ4v) is 2.08. The second-order valence-electron chi connectivity index (χ2n) is 5.03. The average molecular weight is 406 g/mol.